The Morgan fingerprint density at radius 2 is 1.88 bits per heavy atom. The highest BCUT2D eigenvalue weighted by molar-refractivity contribution is 6.31. The van der Waals surface area contributed by atoms with Gasteiger partial charge in [0, 0.05) is 35.3 Å². The Balaban J connectivity index is 1.85. The van der Waals surface area contributed by atoms with Crippen LogP contribution in [0.5, 0.6) is 0 Å². The summed E-state index contributed by atoms with van der Waals surface area (Å²) in [6, 6.07) is 11.7. The molecule has 3 rings (SSSR count). The number of ketones is 1. The third-order valence-corrected chi connectivity index (χ3v) is 5.21. The van der Waals surface area contributed by atoms with Crippen LogP contribution in [0.2, 0.25) is 5.02 Å². The van der Waals surface area contributed by atoms with Crippen molar-refractivity contribution in [3.05, 3.63) is 68.7 Å². The van der Waals surface area contributed by atoms with Gasteiger partial charge in [-0.15, -0.1) is 0 Å². The van der Waals surface area contributed by atoms with Gasteiger partial charge >= 0.3 is 0 Å². The van der Waals surface area contributed by atoms with Crippen LogP contribution in [0.15, 0.2) is 42.5 Å². The number of hydrogen-bond acceptors (Lipinski definition) is 5. The number of halogens is 1. The Bertz CT molecular complexity index is 860. The number of aliphatic hydroxyl groups is 1. The van der Waals surface area contributed by atoms with Gasteiger partial charge in [0.25, 0.3) is 5.69 Å². The molecule has 0 atom stereocenters. The molecular formula is C19H19ClN2O4. The van der Waals surface area contributed by atoms with Crippen LogP contribution in [0.1, 0.15) is 35.7 Å². The zero-order chi connectivity index (χ0) is 18.9. The van der Waals surface area contributed by atoms with Gasteiger partial charge in [-0.3, -0.25) is 14.9 Å². The highest BCUT2D eigenvalue weighted by Crippen LogP contribution is 2.39. The predicted molar refractivity (Wildman–Crippen MR) is 99.9 cm³/mol. The van der Waals surface area contributed by atoms with Crippen LogP contribution in [-0.4, -0.2) is 28.9 Å². The number of carbonyl (C=O) groups excluding carboxylic acids is 1. The van der Waals surface area contributed by atoms with E-state index in [0.29, 0.717) is 47.8 Å². The van der Waals surface area contributed by atoms with Gasteiger partial charge in [-0.25, -0.2) is 0 Å². The molecule has 6 nitrogen and oxygen atoms in total. The molecule has 0 saturated carbocycles. The standard InChI is InChI=1S/C19H19ClN2O4/c1-13(23)14-6-7-17(18(12-14)22(25)26)21-10-8-19(24,9-11-21)15-4-2-3-5-16(15)20/h2-7,12,24H,8-11H2,1H3. The zero-order valence-electron chi connectivity index (χ0n) is 14.3. The van der Waals surface area contributed by atoms with Gasteiger partial charge in [-0.05, 0) is 38.0 Å². The number of nitro benzene ring substituents is 1. The summed E-state index contributed by atoms with van der Waals surface area (Å²) in [7, 11) is 0. The number of hydrogen-bond donors (Lipinski definition) is 1. The number of Topliss-reactive ketones (excluding diaryl/α,β-unsaturated/α-hetero) is 1. The number of carbonyl (C=O) groups is 1. The van der Waals surface area contributed by atoms with Gasteiger partial charge < -0.3 is 10.0 Å². The Kier molecular flexibility index (Phi) is 4.98. The van der Waals surface area contributed by atoms with Crippen molar-refractivity contribution in [2.45, 2.75) is 25.4 Å². The maximum absolute atomic E-state index is 11.5. The van der Waals surface area contributed by atoms with E-state index in [9.17, 15) is 20.0 Å². The van der Waals surface area contributed by atoms with Gasteiger partial charge in [0.1, 0.15) is 5.69 Å². The van der Waals surface area contributed by atoms with Crippen LogP contribution in [-0.2, 0) is 5.60 Å². The first-order valence-electron chi connectivity index (χ1n) is 8.33. The Morgan fingerprint density at radius 3 is 2.46 bits per heavy atom. The molecule has 1 aliphatic heterocycles. The van der Waals surface area contributed by atoms with E-state index in [0.717, 1.165) is 0 Å². The van der Waals surface area contributed by atoms with Crippen molar-refractivity contribution in [2.75, 3.05) is 18.0 Å². The number of anilines is 1. The molecule has 0 radical (unpaired) electrons. The quantitative estimate of drug-likeness (QED) is 0.498. The minimum absolute atomic E-state index is 0.0964. The second-order valence-electron chi connectivity index (χ2n) is 6.52. The van der Waals surface area contributed by atoms with Crippen molar-refractivity contribution >= 4 is 28.8 Å². The molecule has 0 amide bonds. The van der Waals surface area contributed by atoms with Gasteiger partial charge in [-0.2, -0.15) is 0 Å². The summed E-state index contributed by atoms with van der Waals surface area (Å²) in [4.78, 5) is 24.3. The summed E-state index contributed by atoms with van der Waals surface area (Å²) in [5, 5.41) is 22.9. The number of piperidine rings is 1. The van der Waals surface area contributed by atoms with Crippen molar-refractivity contribution in [1.82, 2.24) is 0 Å². The Hall–Kier alpha value is -2.44. The average Bonchev–Trinajstić information content (AvgIpc) is 2.62. The molecule has 0 bridgehead atoms. The summed E-state index contributed by atoms with van der Waals surface area (Å²) in [5.41, 5.74) is 0.304. The molecule has 1 aliphatic rings. The highest BCUT2D eigenvalue weighted by Gasteiger charge is 2.36. The lowest BCUT2D eigenvalue weighted by Crippen LogP contribution is -2.43. The van der Waals surface area contributed by atoms with Crippen LogP contribution >= 0.6 is 11.6 Å². The molecule has 2 aromatic rings. The summed E-state index contributed by atoms with van der Waals surface area (Å²) in [6.07, 6.45) is 0.810. The second-order valence-corrected chi connectivity index (χ2v) is 6.92. The SMILES string of the molecule is CC(=O)c1ccc(N2CCC(O)(c3ccccc3Cl)CC2)c([N+](=O)[O-])c1. The molecule has 2 aromatic carbocycles. The van der Waals surface area contributed by atoms with Crippen LogP contribution in [0.4, 0.5) is 11.4 Å². The molecule has 7 heteroatoms. The smallest absolute Gasteiger partial charge is 0.293 e. The average molecular weight is 375 g/mol. The van der Waals surface area contributed by atoms with Crippen LogP contribution in [0.25, 0.3) is 0 Å². The van der Waals surface area contributed by atoms with Crippen molar-refractivity contribution in [3.8, 4) is 0 Å². The van der Waals surface area contributed by atoms with E-state index in [1.807, 2.05) is 23.1 Å². The first-order valence-corrected chi connectivity index (χ1v) is 8.71. The van der Waals surface area contributed by atoms with E-state index in [4.69, 9.17) is 11.6 Å². The van der Waals surface area contributed by atoms with Crippen molar-refractivity contribution < 1.29 is 14.8 Å². The zero-order valence-corrected chi connectivity index (χ0v) is 15.1. The molecule has 1 saturated heterocycles. The normalized spacial score (nSPS) is 16.3. The van der Waals surface area contributed by atoms with E-state index < -0.39 is 10.5 Å². The van der Waals surface area contributed by atoms with E-state index in [1.54, 1.807) is 18.2 Å². The van der Waals surface area contributed by atoms with E-state index >= 15 is 0 Å². The lowest BCUT2D eigenvalue weighted by Gasteiger charge is -2.39. The fraction of sp³-hybridized carbons (Fsp3) is 0.316. The molecule has 0 aromatic heterocycles. The Morgan fingerprint density at radius 1 is 1.23 bits per heavy atom. The number of nitro groups is 1. The molecule has 1 heterocycles. The maximum Gasteiger partial charge on any atom is 0.293 e. The first kappa shape index (κ1) is 18.4. The van der Waals surface area contributed by atoms with Crippen molar-refractivity contribution in [3.63, 3.8) is 0 Å². The lowest BCUT2D eigenvalue weighted by molar-refractivity contribution is -0.384. The van der Waals surface area contributed by atoms with E-state index in [1.165, 1.54) is 13.0 Å². The second kappa shape index (κ2) is 7.05. The fourth-order valence-corrected chi connectivity index (χ4v) is 3.69. The number of rotatable bonds is 4. The van der Waals surface area contributed by atoms with Gasteiger partial charge in [0.05, 0.1) is 10.5 Å². The minimum Gasteiger partial charge on any atom is -0.385 e. The predicted octanol–water partition coefficient (Wildman–Crippen LogP) is 3.94. The van der Waals surface area contributed by atoms with E-state index in [-0.39, 0.29) is 11.5 Å². The van der Waals surface area contributed by atoms with Crippen LogP contribution < -0.4 is 4.90 Å². The number of nitrogens with zero attached hydrogens (tertiary/aromatic N) is 2. The summed E-state index contributed by atoms with van der Waals surface area (Å²) < 4.78 is 0. The summed E-state index contributed by atoms with van der Waals surface area (Å²) in [6.45, 7) is 2.27. The molecule has 0 unspecified atom stereocenters. The fourth-order valence-electron chi connectivity index (χ4n) is 3.38. The molecule has 0 aliphatic carbocycles. The monoisotopic (exact) mass is 374 g/mol. The number of benzene rings is 2. The minimum atomic E-state index is -1.05. The van der Waals surface area contributed by atoms with Crippen molar-refractivity contribution in [2.24, 2.45) is 0 Å². The molecule has 26 heavy (non-hydrogen) atoms. The highest BCUT2D eigenvalue weighted by atomic mass is 35.5. The molecule has 0 spiro atoms. The van der Waals surface area contributed by atoms with Crippen LogP contribution in [0, 0.1) is 10.1 Å². The van der Waals surface area contributed by atoms with E-state index in [2.05, 4.69) is 0 Å². The van der Waals surface area contributed by atoms with Crippen LogP contribution in [0.3, 0.4) is 0 Å². The maximum atomic E-state index is 11.5. The van der Waals surface area contributed by atoms with Gasteiger partial charge in [0.2, 0.25) is 0 Å². The lowest BCUT2D eigenvalue weighted by atomic mass is 9.84. The first-order chi connectivity index (χ1) is 12.3. The Labute approximate surface area is 156 Å². The topological polar surface area (TPSA) is 83.7 Å². The van der Waals surface area contributed by atoms with Gasteiger partial charge in [0.15, 0.2) is 5.78 Å². The van der Waals surface area contributed by atoms with Crippen molar-refractivity contribution in [1.29, 1.82) is 0 Å². The molecule has 1 N–H and O–H groups in total. The third kappa shape index (κ3) is 3.43. The largest absolute Gasteiger partial charge is 0.385 e. The third-order valence-electron chi connectivity index (χ3n) is 4.89. The molecule has 1 fully saturated rings. The summed E-state index contributed by atoms with van der Waals surface area (Å²) in [5.74, 6) is -0.216. The molecular weight excluding hydrogens is 356 g/mol. The summed E-state index contributed by atoms with van der Waals surface area (Å²) >= 11 is 6.22. The molecule has 136 valence electrons. The van der Waals surface area contributed by atoms with Gasteiger partial charge in [-0.1, -0.05) is 29.8 Å².